The lowest BCUT2D eigenvalue weighted by Crippen LogP contribution is -2.12. The zero-order valence-corrected chi connectivity index (χ0v) is 9.86. The number of methoxy groups -OCH3 is 2. The summed E-state index contributed by atoms with van der Waals surface area (Å²) in [5, 5.41) is 0. The van der Waals surface area contributed by atoms with Gasteiger partial charge in [0.05, 0.1) is 26.1 Å². The molecule has 0 bridgehead atoms. The van der Waals surface area contributed by atoms with Crippen molar-refractivity contribution in [3.8, 4) is 22.8 Å². The molecule has 0 unspecified atom stereocenters. The number of H-pyrrole nitrogens is 1. The molecule has 1 aromatic carbocycles. The fourth-order valence-electron chi connectivity index (χ4n) is 1.58. The number of hydrogen-bond acceptors (Lipinski definition) is 4. The zero-order chi connectivity index (χ0) is 13.1. The van der Waals surface area contributed by atoms with E-state index in [2.05, 4.69) is 9.97 Å². The summed E-state index contributed by atoms with van der Waals surface area (Å²) in [5.74, 6) is 0.348. The minimum atomic E-state index is -0.627. The molecule has 0 atom stereocenters. The number of nitrogens with one attached hydrogen (secondary N) is 1. The lowest BCUT2D eigenvalue weighted by molar-refractivity contribution is 0.395. The molecule has 0 amide bonds. The summed E-state index contributed by atoms with van der Waals surface area (Å²) in [6.45, 7) is 0. The number of halogens is 1. The second-order valence-corrected chi connectivity index (χ2v) is 3.48. The molecule has 2 rings (SSSR count). The fraction of sp³-hybridized carbons (Fsp3) is 0.167. The molecule has 2 aromatic rings. The molecule has 6 heteroatoms. The smallest absolute Gasteiger partial charge is 0.345 e. The molecule has 0 aliphatic carbocycles. The van der Waals surface area contributed by atoms with Crippen molar-refractivity contribution in [2.75, 3.05) is 14.2 Å². The van der Waals surface area contributed by atoms with Gasteiger partial charge in [-0.2, -0.15) is 4.98 Å². The van der Waals surface area contributed by atoms with Gasteiger partial charge in [-0.1, -0.05) is 0 Å². The predicted octanol–water partition coefficient (Wildman–Crippen LogP) is 1.59. The van der Waals surface area contributed by atoms with E-state index in [4.69, 9.17) is 9.47 Å². The minimum Gasteiger partial charge on any atom is -0.497 e. The third-order valence-corrected chi connectivity index (χ3v) is 2.44. The first-order chi connectivity index (χ1) is 8.65. The average Bonchev–Trinajstić information content (AvgIpc) is 2.41. The Bertz CT molecular complexity index is 625. The van der Waals surface area contributed by atoms with E-state index < -0.39 is 11.5 Å². The Labute approximate surface area is 102 Å². The summed E-state index contributed by atoms with van der Waals surface area (Å²) in [7, 11) is 2.97. The van der Waals surface area contributed by atoms with Crippen LogP contribution in [0, 0.1) is 5.82 Å². The first kappa shape index (κ1) is 12.1. The molecule has 1 N–H and O–H groups in total. The Hall–Kier alpha value is -2.37. The van der Waals surface area contributed by atoms with Crippen LogP contribution in [0.4, 0.5) is 4.39 Å². The Morgan fingerprint density at radius 2 is 2.06 bits per heavy atom. The lowest BCUT2D eigenvalue weighted by atomic mass is 10.1. The first-order valence-corrected chi connectivity index (χ1v) is 5.13. The van der Waals surface area contributed by atoms with Crippen LogP contribution in [-0.4, -0.2) is 24.2 Å². The molecule has 0 fully saturated rings. The van der Waals surface area contributed by atoms with Crippen molar-refractivity contribution >= 4 is 0 Å². The van der Waals surface area contributed by atoms with E-state index in [9.17, 15) is 9.18 Å². The summed E-state index contributed by atoms with van der Waals surface area (Å²) >= 11 is 0. The van der Waals surface area contributed by atoms with Gasteiger partial charge in [0.15, 0.2) is 5.82 Å². The van der Waals surface area contributed by atoms with E-state index in [-0.39, 0.29) is 5.69 Å². The standard InChI is InChI=1S/C12H11FN2O3/c1-17-7-3-4-8(10(5-7)18-2)11-9(13)6-14-12(16)15-11/h3-6H,1-2H3,(H,14,15,16). The van der Waals surface area contributed by atoms with Crippen molar-refractivity contribution in [2.24, 2.45) is 0 Å². The number of ether oxygens (including phenoxy) is 2. The second-order valence-electron chi connectivity index (χ2n) is 3.48. The topological polar surface area (TPSA) is 64.2 Å². The monoisotopic (exact) mass is 250 g/mol. The Morgan fingerprint density at radius 1 is 1.28 bits per heavy atom. The number of rotatable bonds is 3. The number of aromatic nitrogens is 2. The van der Waals surface area contributed by atoms with Gasteiger partial charge in [0, 0.05) is 11.6 Å². The maximum atomic E-state index is 13.6. The normalized spacial score (nSPS) is 10.2. The van der Waals surface area contributed by atoms with Crippen LogP contribution in [0.2, 0.25) is 0 Å². The number of benzene rings is 1. The van der Waals surface area contributed by atoms with Gasteiger partial charge in [0.25, 0.3) is 0 Å². The molecule has 0 radical (unpaired) electrons. The molecule has 1 heterocycles. The van der Waals surface area contributed by atoms with Gasteiger partial charge in [-0.15, -0.1) is 0 Å². The molecular weight excluding hydrogens is 239 g/mol. The lowest BCUT2D eigenvalue weighted by Gasteiger charge is -2.10. The fourth-order valence-corrected chi connectivity index (χ4v) is 1.58. The van der Waals surface area contributed by atoms with E-state index in [0.29, 0.717) is 17.1 Å². The highest BCUT2D eigenvalue weighted by atomic mass is 19.1. The summed E-state index contributed by atoms with van der Waals surface area (Å²) in [5.41, 5.74) is -0.158. The SMILES string of the molecule is COc1ccc(-c2[nH]c(=O)ncc2F)c(OC)c1. The van der Waals surface area contributed by atoms with E-state index in [0.717, 1.165) is 6.20 Å². The molecule has 0 aliphatic heterocycles. The van der Waals surface area contributed by atoms with E-state index in [1.807, 2.05) is 0 Å². The molecule has 1 aromatic heterocycles. The minimum absolute atomic E-state index is 0.0366. The highest BCUT2D eigenvalue weighted by Crippen LogP contribution is 2.32. The Balaban J connectivity index is 2.63. The summed E-state index contributed by atoms with van der Waals surface area (Å²) in [6.07, 6.45) is 0.873. The summed E-state index contributed by atoms with van der Waals surface area (Å²) < 4.78 is 23.8. The summed E-state index contributed by atoms with van der Waals surface area (Å²) in [6, 6.07) is 4.86. The first-order valence-electron chi connectivity index (χ1n) is 5.13. The predicted molar refractivity (Wildman–Crippen MR) is 63.4 cm³/mol. The van der Waals surface area contributed by atoms with Crippen molar-refractivity contribution in [1.82, 2.24) is 9.97 Å². The van der Waals surface area contributed by atoms with Gasteiger partial charge in [-0.05, 0) is 12.1 Å². The quantitative estimate of drug-likeness (QED) is 0.898. The molecule has 0 saturated carbocycles. The second kappa shape index (κ2) is 4.87. The van der Waals surface area contributed by atoms with Crippen molar-refractivity contribution < 1.29 is 13.9 Å². The largest absolute Gasteiger partial charge is 0.497 e. The molecular formula is C12H11FN2O3. The molecule has 18 heavy (non-hydrogen) atoms. The van der Waals surface area contributed by atoms with Crippen molar-refractivity contribution in [3.63, 3.8) is 0 Å². The number of hydrogen-bond donors (Lipinski definition) is 1. The number of aromatic amines is 1. The third kappa shape index (κ3) is 2.17. The highest BCUT2D eigenvalue weighted by Gasteiger charge is 2.13. The van der Waals surface area contributed by atoms with Crippen LogP contribution in [0.5, 0.6) is 11.5 Å². The van der Waals surface area contributed by atoms with Gasteiger partial charge in [-0.25, -0.2) is 9.18 Å². The Kier molecular flexibility index (Phi) is 3.27. The van der Waals surface area contributed by atoms with E-state index in [1.165, 1.54) is 14.2 Å². The maximum Gasteiger partial charge on any atom is 0.345 e. The van der Waals surface area contributed by atoms with Crippen molar-refractivity contribution in [2.45, 2.75) is 0 Å². The van der Waals surface area contributed by atoms with Crippen LogP contribution in [0.25, 0.3) is 11.3 Å². The summed E-state index contributed by atoms with van der Waals surface area (Å²) in [4.78, 5) is 16.8. The molecule has 0 aliphatic rings. The molecule has 0 spiro atoms. The van der Waals surface area contributed by atoms with Crippen LogP contribution in [-0.2, 0) is 0 Å². The average molecular weight is 250 g/mol. The van der Waals surface area contributed by atoms with E-state index >= 15 is 0 Å². The van der Waals surface area contributed by atoms with Crippen molar-refractivity contribution in [3.05, 3.63) is 40.7 Å². The molecule has 94 valence electrons. The van der Waals surface area contributed by atoms with Crippen LogP contribution in [0.3, 0.4) is 0 Å². The van der Waals surface area contributed by atoms with Gasteiger partial charge in [0.1, 0.15) is 11.5 Å². The number of nitrogens with zero attached hydrogens (tertiary/aromatic N) is 1. The van der Waals surface area contributed by atoms with Crippen molar-refractivity contribution in [1.29, 1.82) is 0 Å². The maximum absolute atomic E-state index is 13.6. The van der Waals surface area contributed by atoms with Gasteiger partial charge < -0.3 is 14.5 Å². The van der Waals surface area contributed by atoms with Gasteiger partial charge in [0.2, 0.25) is 0 Å². The third-order valence-electron chi connectivity index (χ3n) is 2.44. The molecule has 5 nitrogen and oxygen atoms in total. The van der Waals surface area contributed by atoms with Crippen LogP contribution >= 0.6 is 0 Å². The zero-order valence-electron chi connectivity index (χ0n) is 9.86. The van der Waals surface area contributed by atoms with Crippen LogP contribution in [0.15, 0.2) is 29.2 Å². The molecule has 0 saturated heterocycles. The van der Waals surface area contributed by atoms with Gasteiger partial charge in [-0.3, -0.25) is 0 Å². The van der Waals surface area contributed by atoms with Crippen LogP contribution < -0.4 is 15.2 Å². The van der Waals surface area contributed by atoms with E-state index in [1.54, 1.807) is 18.2 Å². The Morgan fingerprint density at radius 3 is 2.72 bits per heavy atom. The van der Waals surface area contributed by atoms with Gasteiger partial charge >= 0.3 is 5.69 Å². The van der Waals surface area contributed by atoms with Crippen LogP contribution in [0.1, 0.15) is 0 Å². The highest BCUT2D eigenvalue weighted by molar-refractivity contribution is 5.68.